The summed E-state index contributed by atoms with van der Waals surface area (Å²) in [5, 5.41) is 4.05. The Morgan fingerprint density at radius 2 is 2.24 bits per heavy atom. The van der Waals surface area contributed by atoms with Gasteiger partial charge >= 0.3 is 0 Å². The van der Waals surface area contributed by atoms with E-state index in [0.29, 0.717) is 11.6 Å². The lowest BCUT2D eigenvalue weighted by molar-refractivity contribution is 0.416. The predicted molar refractivity (Wildman–Crippen MR) is 67.9 cm³/mol. The third-order valence-corrected chi connectivity index (χ3v) is 2.98. The first kappa shape index (κ1) is 12.1. The fraction of sp³-hybridized carbons (Fsp3) is 0.308. The van der Waals surface area contributed by atoms with Crippen LogP contribution < -0.4 is 5.32 Å². The number of nitrogens with zero attached hydrogens (tertiary/aromatic N) is 1. The molecule has 0 saturated carbocycles. The molecule has 2 aromatic heterocycles. The predicted octanol–water partition coefficient (Wildman–Crippen LogP) is 3.49. The fourth-order valence-electron chi connectivity index (χ4n) is 1.60. The Bertz CT molecular complexity index is 496. The van der Waals surface area contributed by atoms with Gasteiger partial charge in [-0.1, -0.05) is 11.6 Å². The molecule has 0 saturated heterocycles. The van der Waals surface area contributed by atoms with Gasteiger partial charge in [-0.3, -0.25) is 4.98 Å². The van der Waals surface area contributed by atoms with Gasteiger partial charge in [0.1, 0.15) is 11.5 Å². The molecule has 0 aliphatic carbocycles. The van der Waals surface area contributed by atoms with E-state index in [1.165, 1.54) is 0 Å². The minimum atomic E-state index is 0.160. The van der Waals surface area contributed by atoms with Crippen molar-refractivity contribution < 1.29 is 4.42 Å². The standard InChI is InChI=1S/C13H15ClN2O/c1-9-3-4-13(17-9)10(2)16-7-11-5-6-15-8-12(11)14/h3-6,8,10,16H,7H2,1-2H3. The molecule has 0 bridgehead atoms. The van der Waals surface area contributed by atoms with Crippen molar-refractivity contribution >= 4 is 11.6 Å². The van der Waals surface area contributed by atoms with E-state index in [1.54, 1.807) is 12.4 Å². The molecule has 2 heterocycles. The summed E-state index contributed by atoms with van der Waals surface area (Å²) >= 11 is 6.03. The molecule has 17 heavy (non-hydrogen) atoms. The maximum atomic E-state index is 6.03. The molecular formula is C13H15ClN2O. The lowest BCUT2D eigenvalue weighted by Gasteiger charge is -2.11. The molecule has 2 aromatic rings. The van der Waals surface area contributed by atoms with Gasteiger partial charge in [-0.25, -0.2) is 0 Å². The van der Waals surface area contributed by atoms with E-state index >= 15 is 0 Å². The molecule has 90 valence electrons. The summed E-state index contributed by atoms with van der Waals surface area (Å²) in [6, 6.07) is 6.02. The van der Waals surface area contributed by atoms with Crippen molar-refractivity contribution in [3.8, 4) is 0 Å². The number of hydrogen-bond donors (Lipinski definition) is 1. The van der Waals surface area contributed by atoms with Crippen molar-refractivity contribution in [2.75, 3.05) is 0 Å². The normalized spacial score (nSPS) is 12.6. The van der Waals surface area contributed by atoms with Gasteiger partial charge in [0.2, 0.25) is 0 Å². The molecule has 0 aliphatic rings. The minimum Gasteiger partial charge on any atom is -0.465 e. The van der Waals surface area contributed by atoms with Crippen LogP contribution in [-0.4, -0.2) is 4.98 Å². The Kier molecular flexibility index (Phi) is 3.82. The SMILES string of the molecule is Cc1ccc(C(C)NCc2ccncc2Cl)o1. The highest BCUT2D eigenvalue weighted by atomic mass is 35.5. The lowest BCUT2D eigenvalue weighted by atomic mass is 10.2. The molecule has 0 spiro atoms. The highest BCUT2D eigenvalue weighted by molar-refractivity contribution is 6.31. The first-order valence-corrected chi connectivity index (χ1v) is 5.92. The van der Waals surface area contributed by atoms with Crippen LogP contribution in [0.4, 0.5) is 0 Å². The summed E-state index contributed by atoms with van der Waals surface area (Å²) in [6.45, 7) is 4.70. The molecule has 0 aromatic carbocycles. The lowest BCUT2D eigenvalue weighted by Crippen LogP contribution is -2.17. The summed E-state index contributed by atoms with van der Waals surface area (Å²) in [6.07, 6.45) is 3.39. The molecule has 0 radical (unpaired) electrons. The van der Waals surface area contributed by atoms with Crippen LogP contribution in [0.1, 0.15) is 30.0 Å². The second-order valence-corrected chi connectivity index (χ2v) is 4.43. The van der Waals surface area contributed by atoms with Crippen molar-refractivity contribution in [1.29, 1.82) is 0 Å². The Labute approximate surface area is 106 Å². The molecule has 1 N–H and O–H groups in total. The quantitative estimate of drug-likeness (QED) is 0.903. The van der Waals surface area contributed by atoms with E-state index in [1.807, 2.05) is 25.1 Å². The number of aryl methyl sites for hydroxylation is 1. The number of nitrogens with one attached hydrogen (secondary N) is 1. The van der Waals surface area contributed by atoms with Crippen LogP contribution in [0.2, 0.25) is 5.02 Å². The molecule has 0 amide bonds. The van der Waals surface area contributed by atoms with Crippen molar-refractivity contribution in [2.45, 2.75) is 26.4 Å². The van der Waals surface area contributed by atoms with Gasteiger partial charge < -0.3 is 9.73 Å². The molecule has 1 unspecified atom stereocenters. The Morgan fingerprint density at radius 1 is 1.41 bits per heavy atom. The summed E-state index contributed by atoms with van der Waals surface area (Å²) in [5.74, 6) is 1.86. The Hall–Kier alpha value is -1.32. The number of hydrogen-bond acceptors (Lipinski definition) is 3. The number of rotatable bonds is 4. The van der Waals surface area contributed by atoms with Crippen LogP contribution in [0.15, 0.2) is 35.0 Å². The van der Waals surface area contributed by atoms with E-state index in [4.69, 9.17) is 16.0 Å². The molecular weight excluding hydrogens is 236 g/mol. The molecule has 3 nitrogen and oxygen atoms in total. The van der Waals surface area contributed by atoms with Crippen molar-refractivity contribution in [1.82, 2.24) is 10.3 Å². The smallest absolute Gasteiger partial charge is 0.120 e. The Balaban J connectivity index is 1.97. The van der Waals surface area contributed by atoms with Gasteiger partial charge in [-0.15, -0.1) is 0 Å². The average molecular weight is 251 g/mol. The average Bonchev–Trinajstić information content (AvgIpc) is 2.74. The van der Waals surface area contributed by atoms with Gasteiger partial charge in [-0.2, -0.15) is 0 Å². The second-order valence-electron chi connectivity index (χ2n) is 4.02. The van der Waals surface area contributed by atoms with Crippen LogP contribution in [0, 0.1) is 6.92 Å². The maximum Gasteiger partial charge on any atom is 0.120 e. The highest BCUT2D eigenvalue weighted by Gasteiger charge is 2.09. The zero-order valence-corrected chi connectivity index (χ0v) is 10.7. The van der Waals surface area contributed by atoms with Gasteiger partial charge in [0.25, 0.3) is 0 Å². The van der Waals surface area contributed by atoms with Crippen LogP contribution in [0.5, 0.6) is 0 Å². The number of pyridine rings is 1. The van der Waals surface area contributed by atoms with Crippen molar-refractivity contribution in [3.63, 3.8) is 0 Å². The monoisotopic (exact) mass is 250 g/mol. The van der Waals surface area contributed by atoms with Gasteiger partial charge in [0.15, 0.2) is 0 Å². The Morgan fingerprint density at radius 3 is 2.88 bits per heavy atom. The molecule has 1 atom stereocenters. The first-order valence-electron chi connectivity index (χ1n) is 5.55. The van der Waals surface area contributed by atoms with Gasteiger partial charge in [0, 0.05) is 18.9 Å². The third-order valence-electron chi connectivity index (χ3n) is 2.64. The van der Waals surface area contributed by atoms with E-state index in [-0.39, 0.29) is 6.04 Å². The van der Waals surface area contributed by atoms with E-state index in [0.717, 1.165) is 17.1 Å². The topological polar surface area (TPSA) is 38.1 Å². The number of halogens is 1. The summed E-state index contributed by atoms with van der Waals surface area (Å²) < 4.78 is 5.56. The number of aromatic nitrogens is 1. The van der Waals surface area contributed by atoms with Gasteiger partial charge in [-0.05, 0) is 37.6 Å². The largest absolute Gasteiger partial charge is 0.465 e. The first-order chi connectivity index (χ1) is 8.16. The highest BCUT2D eigenvalue weighted by Crippen LogP contribution is 2.18. The van der Waals surface area contributed by atoms with Crippen LogP contribution in [-0.2, 0) is 6.54 Å². The van der Waals surface area contributed by atoms with Crippen LogP contribution in [0.25, 0.3) is 0 Å². The zero-order chi connectivity index (χ0) is 12.3. The van der Waals surface area contributed by atoms with Crippen LogP contribution in [0.3, 0.4) is 0 Å². The minimum absolute atomic E-state index is 0.160. The second kappa shape index (κ2) is 5.34. The maximum absolute atomic E-state index is 6.03. The molecule has 2 rings (SSSR count). The van der Waals surface area contributed by atoms with E-state index < -0.39 is 0 Å². The van der Waals surface area contributed by atoms with Crippen molar-refractivity contribution in [2.24, 2.45) is 0 Å². The summed E-state index contributed by atoms with van der Waals surface area (Å²) in [4.78, 5) is 3.96. The third kappa shape index (κ3) is 3.08. The molecule has 0 fully saturated rings. The van der Waals surface area contributed by atoms with E-state index in [9.17, 15) is 0 Å². The molecule has 0 aliphatic heterocycles. The summed E-state index contributed by atoms with van der Waals surface area (Å²) in [7, 11) is 0. The van der Waals surface area contributed by atoms with Gasteiger partial charge in [0.05, 0.1) is 11.1 Å². The van der Waals surface area contributed by atoms with Crippen LogP contribution >= 0.6 is 11.6 Å². The zero-order valence-electron chi connectivity index (χ0n) is 9.90. The van der Waals surface area contributed by atoms with E-state index in [2.05, 4.69) is 17.2 Å². The number of furan rings is 1. The molecule has 4 heteroatoms. The van der Waals surface area contributed by atoms with Crippen molar-refractivity contribution in [3.05, 3.63) is 52.7 Å². The fourth-order valence-corrected chi connectivity index (χ4v) is 1.78. The summed E-state index contributed by atoms with van der Waals surface area (Å²) in [5.41, 5.74) is 1.04.